The molecule has 5 heteroatoms. The smallest absolute Gasteiger partial charge is 0.222 e. The minimum Gasteiger partial charge on any atom is -0.380 e. The van der Waals surface area contributed by atoms with Gasteiger partial charge < -0.3 is 15.8 Å². The molecular formula is C10H22N2O2S. The van der Waals surface area contributed by atoms with Gasteiger partial charge in [0.25, 0.3) is 0 Å². The number of carbonyl (C=O) groups is 1. The largest absolute Gasteiger partial charge is 0.380 e. The van der Waals surface area contributed by atoms with E-state index in [-0.39, 0.29) is 18.1 Å². The summed E-state index contributed by atoms with van der Waals surface area (Å²) in [6.07, 6.45) is 0.171. The summed E-state index contributed by atoms with van der Waals surface area (Å²) in [5, 5.41) is 2.92. The molecule has 0 aromatic heterocycles. The summed E-state index contributed by atoms with van der Waals surface area (Å²) in [4.78, 5) is 11.5. The van der Waals surface area contributed by atoms with Gasteiger partial charge in [-0.2, -0.15) is 11.8 Å². The minimum absolute atomic E-state index is 0.0107. The zero-order valence-corrected chi connectivity index (χ0v) is 10.6. The number of nitrogens with two attached hydrogens (primary N) is 1. The van der Waals surface area contributed by atoms with Crippen molar-refractivity contribution in [1.82, 2.24) is 5.32 Å². The summed E-state index contributed by atoms with van der Waals surface area (Å²) in [5.74, 6) is 2.03. The van der Waals surface area contributed by atoms with Crippen LogP contribution in [0, 0.1) is 0 Å². The molecule has 3 N–H and O–H groups in total. The molecule has 0 saturated heterocycles. The van der Waals surface area contributed by atoms with E-state index in [9.17, 15) is 4.79 Å². The van der Waals surface area contributed by atoms with Gasteiger partial charge in [-0.1, -0.05) is 6.92 Å². The Hall–Kier alpha value is -0.260. The Morgan fingerprint density at radius 1 is 1.60 bits per heavy atom. The predicted molar refractivity (Wildman–Crippen MR) is 65.1 cm³/mol. The van der Waals surface area contributed by atoms with Gasteiger partial charge in [0.05, 0.1) is 12.5 Å². The Balaban J connectivity index is 3.71. The number of ether oxygens (including phenoxy) is 1. The van der Waals surface area contributed by atoms with Crippen molar-refractivity contribution in [2.75, 3.05) is 25.2 Å². The van der Waals surface area contributed by atoms with Gasteiger partial charge >= 0.3 is 0 Å². The molecule has 0 rings (SSSR count). The number of hydrogen-bond acceptors (Lipinski definition) is 4. The zero-order chi connectivity index (χ0) is 11.7. The molecule has 0 fully saturated rings. The molecule has 0 radical (unpaired) electrons. The van der Waals surface area contributed by atoms with Crippen LogP contribution in [0.5, 0.6) is 0 Å². The van der Waals surface area contributed by atoms with Crippen LogP contribution in [0.15, 0.2) is 0 Å². The molecule has 0 saturated carbocycles. The molecule has 0 aromatic carbocycles. The van der Waals surface area contributed by atoms with Crippen LogP contribution >= 0.6 is 11.8 Å². The van der Waals surface area contributed by atoms with Crippen molar-refractivity contribution >= 4 is 17.7 Å². The van der Waals surface area contributed by atoms with E-state index in [0.717, 1.165) is 11.5 Å². The number of methoxy groups -OCH3 is 1. The van der Waals surface area contributed by atoms with Crippen LogP contribution in [-0.4, -0.2) is 43.2 Å². The Kier molecular flexibility index (Phi) is 8.85. The van der Waals surface area contributed by atoms with E-state index in [1.807, 2.05) is 18.7 Å². The lowest BCUT2D eigenvalue weighted by Crippen LogP contribution is -2.38. The molecule has 0 spiro atoms. The first kappa shape index (κ1) is 14.7. The lowest BCUT2D eigenvalue weighted by Gasteiger charge is -2.16. The normalized spacial score (nSPS) is 14.7. The van der Waals surface area contributed by atoms with Gasteiger partial charge in [-0.15, -0.1) is 0 Å². The van der Waals surface area contributed by atoms with E-state index in [4.69, 9.17) is 10.5 Å². The highest BCUT2D eigenvalue weighted by Crippen LogP contribution is 2.02. The van der Waals surface area contributed by atoms with Crippen LogP contribution in [0.1, 0.15) is 20.3 Å². The van der Waals surface area contributed by atoms with Crippen molar-refractivity contribution in [1.29, 1.82) is 0 Å². The first-order valence-electron chi connectivity index (χ1n) is 5.24. The highest BCUT2D eigenvalue weighted by atomic mass is 32.2. The van der Waals surface area contributed by atoms with Gasteiger partial charge in [0.15, 0.2) is 0 Å². The maximum atomic E-state index is 11.5. The third-order valence-corrected chi connectivity index (χ3v) is 3.13. The molecule has 0 aliphatic rings. The van der Waals surface area contributed by atoms with Crippen LogP contribution in [0.3, 0.4) is 0 Å². The molecule has 0 aliphatic heterocycles. The van der Waals surface area contributed by atoms with Crippen molar-refractivity contribution in [2.24, 2.45) is 5.73 Å². The fraction of sp³-hybridized carbons (Fsp3) is 0.900. The minimum atomic E-state index is -0.170. The first-order chi connectivity index (χ1) is 7.13. The molecule has 0 aliphatic carbocycles. The Morgan fingerprint density at radius 2 is 2.27 bits per heavy atom. The van der Waals surface area contributed by atoms with E-state index in [1.165, 1.54) is 0 Å². The third kappa shape index (κ3) is 7.64. The van der Waals surface area contributed by atoms with Gasteiger partial charge in [0.2, 0.25) is 5.91 Å². The lowest BCUT2D eigenvalue weighted by atomic mass is 10.2. The molecule has 4 nitrogen and oxygen atoms in total. The molecule has 2 atom stereocenters. The van der Waals surface area contributed by atoms with E-state index in [1.54, 1.807) is 7.11 Å². The fourth-order valence-corrected chi connectivity index (χ4v) is 1.81. The molecule has 0 bridgehead atoms. The number of amides is 1. The van der Waals surface area contributed by atoms with Crippen molar-refractivity contribution in [3.05, 3.63) is 0 Å². The Bertz CT molecular complexity index is 175. The molecular weight excluding hydrogens is 212 g/mol. The van der Waals surface area contributed by atoms with Crippen molar-refractivity contribution in [3.8, 4) is 0 Å². The lowest BCUT2D eigenvalue weighted by molar-refractivity contribution is -0.123. The summed E-state index contributed by atoms with van der Waals surface area (Å²) < 4.78 is 5.04. The highest BCUT2D eigenvalue weighted by Gasteiger charge is 2.13. The Morgan fingerprint density at radius 3 is 2.73 bits per heavy atom. The number of hydrogen-bond donors (Lipinski definition) is 2. The van der Waals surface area contributed by atoms with Gasteiger partial charge in [-0.3, -0.25) is 4.79 Å². The second-order valence-electron chi connectivity index (χ2n) is 3.43. The second-order valence-corrected chi connectivity index (χ2v) is 4.74. The molecule has 0 heterocycles. The second kappa shape index (κ2) is 9.00. The summed E-state index contributed by atoms with van der Waals surface area (Å²) in [6, 6.07) is 0.206. The first-order valence-corrected chi connectivity index (χ1v) is 6.39. The summed E-state index contributed by atoms with van der Waals surface area (Å²) >= 11 is 1.82. The monoisotopic (exact) mass is 234 g/mol. The van der Waals surface area contributed by atoms with Gasteiger partial charge in [-0.05, 0) is 12.7 Å². The molecule has 15 heavy (non-hydrogen) atoms. The van der Waals surface area contributed by atoms with Crippen molar-refractivity contribution < 1.29 is 9.53 Å². The van der Waals surface area contributed by atoms with E-state index in [0.29, 0.717) is 13.0 Å². The summed E-state index contributed by atoms with van der Waals surface area (Å²) in [6.45, 7) is 4.49. The van der Waals surface area contributed by atoms with Crippen LogP contribution in [-0.2, 0) is 9.53 Å². The maximum absolute atomic E-state index is 11.5. The average molecular weight is 234 g/mol. The van der Waals surface area contributed by atoms with Crippen molar-refractivity contribution in [3.63, 3.8) is 0 Å². The standard InChI is InChI=1S/C10H22N2O2S/c1-4-15-7-8(2)12-10(13)5-9(6-11)14-3/h8-9H,4-7,11H2,1-3H3,(H,12,13). The number of nitrogens with one attached hydrogen (secondary N) is 1. The summed E-state index contributed by atoms with van der Waals surface area (Å²) in [5.41, 5.74) is 5.43. The topological polar surface area (TPSA) is 64.4 Å². The number of thioether (sulfide) groups is 1. The molecule has 90 valence electrons. The Labute approximate surface area is 96.3 Å². The molecule has 2 unspecified atom stereocenters. The quantitative estimate of drug-likeness (QED) is 0.646. The molecule has 0 aromatic rings. The van der Waals surface area contributed by atoms with E-state index < -0.39 is 0 Å². The van der Waals surface area contributed by atoms with E-state index in [2.05, 4.69) is 12.2 Å². The van der Waals surface area contributed by atoms with Crippen LogP contribution in [0.4, 0.5) is 0 Å². The fourth-order valence-electron chi connectivity index (χ4n) is 1.14. The van der Waals surface area contributed by atoms with Crippen LogP contribution in [0.2, 0.25) is 0 Å². The maximum Gasteiger partial charge on any atom is 0.222 e. The zero-order valence-electron chi connectivity index (χ0n) is 9.79. The SMILES string of the molecule is CCSCC(C)NC(=O)CC(CN)OC. The predicted octanol–water partition coefficient (Wildman–Crippen LogP) is 0.608. The van der Waals surface area contributed by atoms with E-state index >= 15 is 0 Å². The van der Waals surface area contributed by atoms with Gasteiger partial charge in [-0.25, -0.2) is 0 Å². The highest BCUT2D eigenvalue weighted by molar-refractivity contribution is 7.99. The molecule has 1 amide bonds. The van der Waals surface area contributed by atoms with Crippen LogP contribution < -0.4 is 11.1 Å². The number of rotatable bonds is 8. The number of carbonyl (C=O) groups excluding carboxylic acids is 1. The van der Waals surface area contributed by atoms with Crippen molar-refractivity contribution in [2.45, 2.75) is 32.4 Å². The van der Waals surface area contributed by atoms with Crippen LogP contribution in [0.25, 0.3) is 0 Å². The summed E-state index contributed by atoms with van der Waals surface area (Å²) in [7, 11) is 1.57. The van der Waals surface area contributed by atoms with Gasteiger partial charge in [0, 0.05) is 25.4 Å². The van der Waals surface area contributed by atoms with Gasteiger partial charge in [0.1, 0.15) is 0 Å². The average Bonchev–Trinajstić information content (AvgIpc) is 2.22. The third-order valence-electron chi connectivity index (χ3n) is 1.99.